The summed E-state index contributed by atoms with van der Waals surface area (Å²) in [6.45, 7) is 8.22. The van der Waals surface area contributed by atoms with Crippen molar-refractivity contribution >= 4 is 44.1 Å². The fourth-order valence-corrected chi connectivity index (χ4v) is 6.60. The molecule has 14 heteroatoms. The Morgan fingerprint density at radius 1 is 0.898 bits per heavy atom. The molecule has 0 bridgehead atoms. The number of hydrogen-bond donors (Lipinski definition) is 2. The number of aromatic nitrogens is 1. The lowest BCUT2D eigenvalue weighted by Gasteiger charge is -2.35. The van der Waals surface area contributed by atoms with Gasteiger partial charge in [-0.1, -0.05) is 45.0 Å². The summed E-state index contributed by atoms with van der Waals surface area (Å²) in [5.41, 5.74) is 2.28. The number of halogens is 3. The van der Waals surface area contributed by atoms with Gasteiger partial charge in [-0.2, -0.15) is 13.2 Å². The van der Waals surface area contributed by atoms with E-state index in [9.17, 15) is 31.2 Å². The summed E-state index contributed by atoms with van der Waals surface area (Å²) in [5, 5.41) is 3.78. The summed E-state index contributed by atoms with van der Waals surface area (Å²) in [7, 11) is -0.445. The smallest absolute Gasteiger partial charge is 0.416 e. The number of amides is 2. The Morgan fingerprint density at radius 3 is 2.16 bits per heavy atom. The number of aryl methyl sites for hydroxylation is 1. The second-order valence-corrected chi connectivity index (χ2v) is 15.0. The van der Waals surface area contributed by atoms with Crippen molar-refractivity contribution in [2.24, 2.45) is 7.05 Å². The highest BCUT2D eigenvalue weighted by Gasteiger charge is 2.32. The largest absolute Gasteiger partial charge is 0.492 e. The number of hydrogen-bond acceptors (Lipinski definition) is 6. The maximum Gasteiger partial charge on any atom is 0.416 e. The number of fused-ring (bicyclic) bond motifs is 1. The van der Waals surface area contributed by atoms with E-state index in [1.807, 2.05) is 43.5 Å². The van der Waals surface area contributed by atoms with Gasteiger partial charge in [0.25, 0.3) is 11.8 Å². The number of ether oxygens (including phenoxy) is 1. The standard InChI is InChI=1S/C35H40F3N5O5S/c1-34(2,3)26-19-27(31(48-5)28(20-26)40-49(6,46)47)39-32(44)29-18-22-9-7-11-24(30(22)41(29)4)21-42-13-15-43(16-14-42)33(45)23-10-8-12-25(17-23)35(36,37)38/h7-12,17-20,40H,13-16,21H2,1-6H3,(H,39,44). The first kappa shape index (κ1) is 35.7. The summed E-state index contributed by atoms with van der Waals surface area (Å²) in [6.07, 6.45) is -3.49. The summed E-state index contributed by atoms with van der Waals surface area (Å²) in [6, 6.07) is 15.5. The second kappa shape index (κ2) is 13.4. The first-order valence-corrected chi connectivity index (χ1v) is 17.5. The van der Waals surface area contributed by atoms with Crippen LogP contribution in [0.4, 0.5) is 24.5 Å². The molecule has 2 heterocycles. The summed E-state index contributed by atoms with van der Waals surface area (Å²) in [5.74, 6) is -0.673. The SMILES string of the molecule is COc1c(NC(=O)c2cc3cccc(CN4CCN(C(=O)c5cccc(C(F)(F)F)c5)CC4)c3n2C)cc(C(C)(C)C)cc1NS(C)(=O)=O. The van der Waals surface area contributed by atoms with Crippen molar-refractivity contribution in [3.05, 3.63) is 88.6 Å². The number of nitrogens with one attached hydrogen (secondary N) is 2. The Kier molecular flexibility index (Phi) is 9.77. The molecule has 3 aromatic carbocycles. The van der Waals surface area contributed by atoms with Crippen molar-refractivity contribution < 1.29 is 35.9 Å². The Labute approximate surface area is 283 Å². The zero-order chi connectivity index (χ0) is 35.9. The maximum atomic E-state index is 13.8. The zero-order valence-corrected chi connectivity index (χ0v) is 29.1. The third kappa shape index (κ3) is 8.02. The van der Waals surface area contributed by atoms with Crippen molar-refractivity contribution in [3.63, 3.8) is 0 Å². The number of sulfonamides is 1. The molecule has 0 radical (unpaired) electrons. The van der Waals surface area contributed by atoms with Crippen LogP contribution < -0.4 is 14.8 Å². The van der Waals surface area contributed by atoms with Crippen LogP contribution >= 0.6 is 0 Å². The number of carbonyl (C=O) groups is 2. The molecule has 1 aliphatic rings. The lowest BCUT2D eigenvalue weighted by molar-refractivity contribution is -0.137. The number of carbonyl (C=O) groups excluding carboxylic acids is 2. The lowest BCUT2D eigenvalue weighted by atomic mass is 9.86. The molecule has 0 aliphatic carbocycles. The number of para-hydroxylation sites is 1. The minimum absolute atomic E-state index is 0.00768. The van der Waals surface area contributed by atoms with E-state index in [0.717, 1.165) is 40.4 Å². The quantitative estimate of drug-likeness (QED) is 0.231. The monoisotopic (exact) mass is 699 g/mol. The van der Waals surface area contributed by atoms with E-state index in [-0.39, 0.29) is 22.4 Å². The summed E-state index contributed by atoms with van der Waals surface area (Å²) < 4.78 is 73.7. The highest BCUT2D eigenvalue weighted by atomic mass is 32.2. The summed E-state index contributed by atoms with van der Waals surface area (Å²) in [4.78, 5) is 30.5. The molecular formula is C35H40F3N5O5S. The molecule has 1 aromatic heterocycles. The van der Waals surface area contributed by atoms with E-state index in [4.69, 9.17) is 4.74 Å². The van der Waals surface area contributed by atoms with Gasteiger partial charge in [-0.25, -0.2) is 8.42 Å². The Hall–Kier alpha value is -4.56. The number of rotatable bonds is 8. The van der Waals surface area contributed by atoms with Gasteiger partial charge in [0.2, 0.25) is 10.0 Å². The number of benzene rings is 3. The van der Waals surface area contributed by atoms with Gasteiger partial charge in [0.15, 0.2) is 5.75 Å². The molecule has 0 spiro atoms. The molecule has 0 saturated carbocycles. The Balaban J connectivity index is 1.35. The fraction of sp³-hybridized carbons (Fsp3) is 0.371. The molecule has 4 aromatic rings. The van der Waals surface area contributed by atoms with Crippen molar-refractivity contribution in [3.8, 4) is 5.75 Å². The van der Waals surface area contributed by atoms with E-state index < -0.39 is 33.6 Å². The minimum Gasteiger partial charge on any atom is -0.492 e. The second-order valence-electron chi connectivity index (χ2n) is 13.3. The van der Waals surface area contributed by atoms with Crippen LogP contribution in [-0.2, 0) is 35.2 Å². The first-order chi connectivity index (χ1) is 22.9. The molecule has 1 saturated heterocycles. The van der Waals surface area contributed by atoms with E-state index in [1.165, 1.54) is 19.2 Å². The molecule has 0 atom stereocenters. The molecule has 1 fully saturated rings. The molecule has 10 nitrogen and oxygen atoms in total. The highest BCUT2D eigenvalue weighted by Crippen LogP contribution is 2.39. The topological polar surface area (TPSA) is 113 Å². The van der Waals surface area contributed by atoms with Gasteiger partial charge in [0.1, 0.15) is 5.69 Å². The van der Waals surface area contributed by atoms with Crippen LogP contribution in [0, 0.1) is 0 Å². The van der Waals surface area contributed by atoms with Crippen LogP contribution in [0.5, 0.6) is 5.75 Å². The van der Waals surface area contributed by atoms with Crippen LogP contribution in [0.15, 0.2) is 60.7 Å². The third-order valence-corrected chi connectivity index (χ3v) is 9.16. The molecule has 49 heavy (non-hydrogen) atoms. The number of nitrogens with zero attached hydrogens (tertiary/aromatic N) is 3. The molecule has 5 rings (SSSR count). The van der Waals surface area contributed by atoms with Gasteiger partial charge in [-0.3, -0.25) is 19.2 Å². The van der Waals surface area contributed by atoms with Gasteiger partial charge in [0, 0.05) is 50.7 Å². The van der Waals surface area contributed by atoms with Gasteiger partial charge < -0.3 is 19.5 Å². The van der Waals surface area contributed by atoms with Crippen molar-refractivity contribution in [2.75, 3.05) is 49.6 Å². The average molecular weight is 700 g/mol. The van der Waals surface area contributed by atoms with E-state index >= 15 is 0 Å². The minimum atomic E-state index is -4.53. The molecule has 1 aliphatic heterocycles. The van der Waals surface area contributed by atoms with Crippen molar-refractivity contribution in [1.82, 2.24) is 14.4 Å². The van der Waals surface area contributed by atoms with Crippen LogP contribution in [-0.4, -0.2) is 74.1 Å². The van der Waals surface area contributed by atoms with Crippen molar-refractivity contribution in [1.29, 1.82) is 0 Å². The van der Waals surface area contributed by atoms with E-state index in [2.05, 4.69) is 14.9 Å². The molecule has 2 N–H and O–H groups in total. The fourth-order valence-electron chi connectivity index (χ4n) is 6.04. The molecule has 0 unspecified atom stereocenters. The average Bonchev–Trinajstić information content (AvgIpc) is 3.36. The zero-order valence-electron chi connectivity index (χ0n) is 28.2. The number of methoxy groups -OCH3 is 1. The number of alkyl halides is 3. The summed E-state index contributed by atoms with van der Waals surface area (Å²) >= 11 is 0. The maximum absolute atomic E-state index is 13.8. The van der Waals surface area contributed by atoms with Crippen molar-refractivity contribution in [2.45, 2.75) is 38.9 Å². The normalized spacial score (nSPS) is 14.6. The molecule has 262 valence electrons. The van der Waals surface area contributed by atoms with E-state index in [0.29, 0.717) is 44.1 Å². The lowest BCUT2D eigenvalue weighted by Crippen LogP contribution is -2.48. The third-order valence-electron chi connectivity index (χ3n) is 8.57. The molecular weight excluding hydrogens is 659 g/mol. The van der Waals surface area contributed by atoms with Gasteiger partial charge >= 0.3 is 6.18 Å². The van der Waals surface area contributed by atoms with Crippen LogP contribution in [0.1, 0.15) is 58.3 Å². The van der Waals surface area contributed by atoms with Crippen LogP contribution in [0.25, 0.3) is 10.9 Å². The first-order valence-electron chi connectivity index (χ1n) is 15.6. The predicted octanol–water partition coefficient (Wildman–Crippen LogP) is 6.09. The number of anilines is 2. The number of piperazine rings is 1. The van der Waals surface area contributed by atoms with Gasteiger partial charge in [-0.05, 0) is 52.9 Å². The molecule has 2 amide bonds. The predicted molar refractivity (Wildman–Crippen MR) is 184 cm³/mol. The van der Waals surface area contributed by atoms with Crippen LogP contribution in [0.3, 0.4) is 0 Å². The van der Waals surface area contributed by atoms with E-state index in [1.54, 1.807) is 30.1 Å². The Bertz CT molecular complexity index is 2010. The highest BCUT2D eigenvalue weighted by molar-refractivity contribution is 7.92. The van der Waals surface area contributed by atoms with Gasteiger partial charge in [-0.15, -0.1) is 0 Å². The van der Waals surface area contributed by atoms with Crippen LogP contribution in [0.2, 0.25) is 0 Å². The van der Waals surface area contributed by atoms with Gasteiger partial charge in [0.05, 0.1) is 35.8 Å². The Morgan fingerprint density at radius 2 is 1.55 bits per heavy atom.